The third-order valence-corrected chi connectivity index (χ3v) is 6.71. The van der Waals surface area contributed by atoms with Crippen molar-refractivity contribution in [3.63, 3.8) is 0 Å². The first-order valence-electron chi connectivity index (χ1n) is 8.71. The summed E-state index contributed by atoms with van der Waals surface area (Å²) in [7, 11) is -3.81. The van der Waals surface area contributed by atoms with Crippen LogP contribution in [0.5, 0.6) is 0 Å². The highest BCUT2D eigenvalue weighted by molar-refractivity contribution is 7.92. The molecule has 30 heavy (non-hydrogen) atoms. The van der Waals surface area contributed by atoms with Crippen molar-refractivity contribution in [1.82, 2.24) is 10.2 Å². The molecule has 2 aromatic carbocycles. The molecule has 0 aliphatic heterocycles. The Morgan fingerprint density at radius 2 is 1.70 bits per heavy atom. The maximum atomic E-state index is 12.8. The summed E-state index contributed by atoms with van der Waals surface area (Å²) in [5.41, 5.74) is 2.18. The minimum atomic E-state index is -3.81. The predicted octanol–water partition coefficient (Wildman–Crippen LogP) is 4.61. The Hall–Kier alpha value is -2.20. The molecular weight excluding hydrogens is 467 g/mol. The second kappa shape index (κ2) is 8.89. The SMILES string of the molecule is Cc1ccc(-c2nnc(NC(=O)C(C)N(c3cc(Cl)cc(Cl)c3)S(C)(=O)=O)s2)cc1. The lowest BCUT2D eigenvalue weighted by atomic mass is 10.2. The highest BCUT2D eigenvalue weighted by Crippen LogP contribution is 2.30. The lowest BCUT2D eigenvalue weighted by Gasteiger charge is -2.28. The van der Waals surface area contributed by atoms with Crippen LogP contribution in [-0.4, -0.2) is 36.8 Å². The van der Waals surface area contributed by atoms with E-state index >= 15 is 0 Å². The lowest BCUT2D eigenvalue weighted by Crippen LogP contribution is -2.45. The van der Waals surface area contributed by atoms with Crippen LogP contribution >= 0.6 is 34.5 Å². The summed E-state index contributed by atoms with van der Waals surface area (Å²) in [5.74, 6) is -0.567. The quantitative estimate of drug-likeness (QED) is 0.551. The van der Waals surface area contributed by atoms with E-state index in [0.717, 1.165) is 21.7 Å². The first-order valence-corrected chi connectivity index (χ1v) is 12.1. The molecule has 1 heterocycles. The van der Waals surface area contributed by atoms with Gasteiger partial charge in [-0.2, -0.15) is 0 Å². The van der Waals surface area contributed by atoms with Gasteiger partial charge in [0.2, 0.25) is 21.1 Å². The molecule has 1 amide bonds. The van der Waals surface area contributed by atoms with Crippen molar-refractivity contribution in [2.75, 3.05) is 15.9 Å². The molecule has 0 aliphatic rings. The summed E-state index contributed by atoms with van der Waals surface area (Å²) in [6.45, 7) is 3.45. The van der Waals surface area contributed by atoms with Crippen molar-refractivity contribution in [3.05, 3.63) is 58.1 Å². The number of aromatic nitrogens is 2. The highest BCUT2D eigenvalue weighted by atomic mass is 35.5. The van der Waals surface area contributed by atoms with Gasteiger partial charge in [0, 0.05) is 15.6 Å². The first kappa shape index (κ1) is 22.5. The van der Waals surface area contributed by atoms with E-state index in [1.165, 1.54) is 36.5 Å². The third-order valence-electron chi connectivity index (χ3n) is 4.14. The molecule has 1 atom stereocenters. The van der Waals surface area contributed by atoms with Crippen molar-refractivity contribution < 1.29 is 13.2 Å². The zero-order valence-corrected chi connectivity index (χ0v) is 19.4. The monoisotopic (exact) mass is 484 g/mol. The van der Waals surface area contributed by atoms with Crippen LogP contribution in [0, 0.1) is 6.92 Å². The van der Waals surface area contributed by atoms with Crippen LogP contribution in [0.3, 0.4) is 0 Å². The van der Waals surface area contributed by atoms with Crippen LogP contribution in [0.2, 0.25) is 10.0 Å². The normalized spacial score (nSPS) is 12.4. The maximum absolute atomic E-state index is 12.8. The molecule has 1 unspecified atom stereocenters. The fourth-order valence-corrected chi connectivity index (χ4v) is 5.20. The van der Waals surface area contributed by atoms with Crippen LogP contribution in [0.15, 0.2) is 42.5 Å². The van der Waals surface area contributed by atoms with E-state index in [9.17, 15) is 13.2 Å². The second-order valence-corrected chi connectivity index (χ2v) is 10.3. The van der Waals surface area contributed by atoms with Gasteiger partial charge < -0.3 is 0 Å². The van der Waals surface area contributed by atoms with Crippen molar-refractivity contribution in [2.45, 2.75) is 19.9 Å². The number of amides is 1. The molecule has 0 radical (unpaired) electrons. The number of hydrogen-bond acceptors (Lipinski definition) is 6. The summed E-state index contributed by atoms with van der Waals surface area (Å²) in [6, 6.07) is 11.0. The number of carbonyl (C=O) groups is 1. The van der Waals surface area contributed by atoms with Crippen LogP contribution < -0.4 is 9.62 Å². The fourth-order valence-electron chi connectivity index (χ4n) is 2.77. The zero-order chi connectivity index (χ0) is 22.1. The summed E-state index contributed by atoms with van der Waals surface area (Å²) < 4.78 is 25.8. The van der Waals surface area contributed by atoms with Crippen LogP contribution in [0.1, 0.15) is 12.5 Å². The molecule has 3 rings (SSSR count). The van der Waals surface area contributed by atoms with Crippen molar-refractivity contribution in [1.29, 1.82) is 0 Å². The number of rotatable bonds is 6. The van der Waals surface area contributed by atoms with E-state index in [1.54, 1.807) is 0 Å². The number of hydrogen-bond donors (Lipinski definition) is 1. The summed E-state index contributed by atoms with van der Waals surface area (Å²) >= 11 is 13.2. The summed E-state index contributed by atoms with van der Waals surface area (Å²) in [4.78, 5) is 12.8. The van der Waals surface area contributed by atoms with Crippen molar-refractivity contribution in [2.24, 2.45) is 0 Å². The molecule has 1 aromatic heterocycles. The number of carbonyl (C=O) groups excluding carboxylic acids is 1. The second-order valence-electron chi connectivity index (χ2n) is 6.63. The van der Waals surface area contributed by atoms with E-state index in [0.29, 0.717) is 5.01 Å². The van der Waals surface area contributed by atoms with Gasteiger partial charge in [0.1, 0.15) is 11.0 Å². The molecule has 1 N–H and O–H groups in total. The van der Waals surface area contributed by atoms with Gasteiger partial charge >= 0.3 is 0 Å². The van der Waals surface area contributed by atoms with E-state index in [1.807, 2.05) is 31.2 Å². The predicted molar refractivity (Wildman–Crippen MR) is 122 cm³/mol. The molecule has 3 aromatic rings. The molecule has 7 nitrogen and oxygen atoms in total. The number of nitrogens with zero attached hydrogens (tertiary/aromatic N) is 3. The Labute approximate surface area is 188 Å². The number of aryl methyl sites for hydroxylation is 1. The minimum Gasteiger partial charge on any atom is -0.299 e. The Kier molecular flexibility index (Phi) is 6.66. The van der Waals surface area contributed by atoms with Gasteiger partial charge in [-0.1, -0.05) is 64.4 Å². The largest absolute Gasteiger partial charge is 0.299 e. The van der Waals surface area contributed by atoms with Gasteiger partial charge in [0.05, 0.1) is 11.9 Å². The average molecular weight is 485 g/mol. The van der Waals surface area contributed by atoms with Crippen LogP contribution in [0.25, 0.3) is 10.6 Å². The van der Waals surface area contributed by atoms with Crippen molar-refractivity contribution >= 4 is 61.3 Å². The summed E-state index contributed by atoms with van der Waals surface area (Å²) in [5, 5.41) is 12.1. The Bertz CT molecular complexity index is 1160. The number of nitrogens with one attached hydrogen (secondary N) is 1. The molecule has 0 saturated carbocycles. The van der Waals surface area contributed by atoms with E-state index in [4.69, 9.17) is 23.2 Å². The lowest BCUT2D eigenvalue weighted by molar-refractivity contribution is -0.116. The minimum absolute atomic E-state index is 0.190. The molecule has 158 valence electrons. The van der Waals surface area contributed by atoms with Gasteiger partial charge in [-0.15, -0.1) is 10.2 Å². The third kappa shape index (κ3) is 5.28. The van der Waals surface area contributed by atoms with Crippen LogP contribution in [0.4, 0.5) is 10.8 Å². The number of anilines is 2. The standard InChI is InChI=1S/C19H18Cl2N4O3S2/c1-11-4-6-13(7-5-11)18-23-24-19(29-18)22-17(26)12(2)25(30(3,27)28)16-9-14(20)8-15(21)10-16/h4-10,12H,1-3H3,(H,22,24,26). The molecule has 0 bridgehead atoms. The number of benzene rings is 2. The fraction of sp³-hybridized carbons (Fsp3) is 0.211. The van der Waals surface area contributed by atoms with E-state index in [-0.39, 0.29) is 20.9 Å². The Morgan fingerprint density at radius 3 is 2.27 bits per heavy atom. The van der Waals surface area contributed by atoms with Gasteiger partial charge in [-0.25, -0.2) is 8.42 Å². The molecule has 0 aliphatic carbocycles. The Balaban J connectivity index is 1.83. The first-order chi connectivity index (χ1) is 14.0. The average Bonchev–Trinajstić information content (AvgIpc) is 3.08. The van der Waals surface area contributed by atoms with E-state index in [2.05, 4.69) is 15.5 Å². The van der Waals surface area contributed by atoms with Gasteiger partial charge in [-0.05, 0) is 32.0 Å². The Morgan fingerprint density at radius 1 is 1.10 bits per heavy atom. The van der Waals surface area contributed by atoms with Gasteiger partial charge in [-0.3, -0.25) is 14.4 Å². The molecular formula is C19H18Cl2N4O3S2. The summed E-state index contributed by atoms with van der Waals surface area (Å²) in [6.07, 6.45) is 1.01. The molecule has 0 saturated heterocycles. The number of halogens is 2. The molecule has 0 fully saturated rings. The molecule has 11 heteroatoms. The smallest absolute Gasteiger partial charge is 0.249 e. The molecule has 0 spiro atoms. The van der Waals surface area contributed by atoms with Crippen molar-refractivity contribution in [3.8, 4) is 10.6 Å². The maximum Gasteiger partial charge on any atom is 0.249 e. The van der Waals surface area contributed by atoms with Gasteiger partial charge in [0.25, 0.3) is 0 Å². The zero-order valence-electron chi connectivity index (χ0n) is 16.3. The van der Waals surface area contributed by atoms with Gasteiger partial charge in [0.15, 0.2) is 0 Å². The van der Waals surface area contributed by atoms with E-state index < -0.39 is 22.0 Å². The number of sulfonamides is 1. The topological polar surface area (TPSA) is 92.3 Å². The van der Waals surface area contributed by atoms with Crippen LogP contribution in [-0.2, 0) is 14.8 Å². The highest BCUT2D eigenvalue weighted by Gasteiger charge is 2.30.